The molecule has 0 amide bonds. The summed E-state index contributed by atoms with van der Waals surface area (Å²) in [5, 5.41) is 24.6. The Morgan fingerprint density at radius 3 is 1.09 bits per heavy atom. The van der Waals surface area contributed by atoms with Crippen LogP contribution in [-0.4, -0.2) is 30.0 Å². The molecule has 254 valence electrons. The summed E-state index contributed by atoms with van der Waals surface area (Å²) in [6.07, 6.45) is 16.0. The first-order valence-electron chi connectivity index (χ1n) is 19.4. The van der Waals surface area contributed by atoms with Gasteiger partial charge in [0.2, 0.25) is 0 Å². The Hall–Kier alpha value is -2.36. The van der Waals surface area contributed by atoms with E-state index in [-0.39, 0.29) is 21.7 Å². The second-order valence-electron chi connectivity index (χ2n) is 20.3. The summed E-state index contributed by atoms with van der Waals surface area (Å²) in [4.78, 5) is 4.84. The smallest absolute Gasteiger partial charge is 0.142 e. The predicted molar refractivity (Wildman–Crippen MR) is 193 cm³/mol. The molecule has 0 aromatic heterocycles. The lowest BCUT2D eigenvalue weighted by Crippen LogP contribution is -2.48. The molecule has 0 spiro atoms. The zero-order chi connectivity index (χ0) is 32.7. The first-order chi connectivity index (χ1) is 22.2. The molecule has 4 nitrogen and oxygen atoms in total. The number of phenolic OH excluding ortho intramolecular Hbond substituents is 2. The zero-order valence-corrected chi connectivity index (χ0v) is 30.2. The van der Waals surface area contributed by atoms with Crippen molar-refractivity contribution in [3.05, 3.63) is 46.5 Å². The maximum absolute atomic E-state index is 12.3. The second-order valence-corrected chi connectivity index (χ2v) is 20.3. The average Bonchev–Trinajstić information content (AvgIpc) is 3.44. The highest BCUT2D eigenvalue weighted by Crippen LogP contribution is 2.64. The minimum atomic E-state index is 0.00494. The SMILES string of the molecule is CC(C)(C)c1cc(N2CCN(c3cc(C(C)(C)C)cc(C45CC6CC(CC(C6)C4)C5)c3O)C2)c(O)c(C23CC4CC(CC(C4)C2)C3)c1. The lowest BCUT2D eigenvalue weighted by Gasteiger charge is -2.57. The quantitative estimate of drug-likeness (QED) is 0.351. The Morgan fingerprint density at radius 1 is 0.511 bits per heavy atom. The van der Waals surface area contributed by atoms with Gasteiger partial charge in [0.25, 0.3) is 0 Å². The van der Waals surface area contributed by atoms with Crippen LogP contribution in [0.4, 0.5) is 11.4 Å². The van der Waals surface area contributed by atoms with Gasteiger partial charge in [0.05, 0.1) is 18.0 Å². The predicted octanol–water partition coefficient (Wildman–Crippen LogP) is 9.91. The van der Waals surface area contributed by atoms with Gasteiger partial charge in [-0.15, -0.1) is 0 Å². The van der Waals surface area contributed by atoms with Crippen LogP contribution in [0.1, 0.15) is 141 Å². The largest absolute Gasteiger partial charge is 0.505 e. The van der Waals surface area contributed by atoms with Crippen molar-refractivity contribution in [2.75, 3.05) is 29.6 Å². The van der Waals surface area contributed by atoms with E-state index in [1.165, 1.54) is 99.3 Å². The topological polar surface area (TPSA) is 46.9 Å². The van der Waals surface area contributed by atoms with E-state index >= 15 is 0 Å². The summed E-state index contributed by atoms with van der Waals surface area (Å²) in [6.45, 7) is 16.4. The van der Waals surface area contributed by atoms with E-state index in [2.05, 4.69) is 75.6 Å². The highest BCUT2D eigenvalue weighted by atomic mass is 16.3. The number of hydrogen-bond donors (Lipinski definition) is 2. The summed E-state index contributed by atoms with van der Waals surface area (Å²) in [7, 11) is 0. The van der Waals surface area contributed by atoms with Crippen molar-refractivity contribution >= 4 is 11.4 Å². The number of benzene rings is 2. The van der Waals surface area contributed by atoms with Crippen LogP contribution >= 0.6 is 0 Å². The molecular formula is C43H60N2O2. The average molecular weight is 637 g/mol. The molecule has 11 rings (SSSR count). The van der Waals surface area contributed by atoms with Gasteiger partial charge < -0.3 is 20.0 Å². The van der Waals surface area contributed by atoms with Crippen molar-refractivity contribution in [1.82, 2.24) is 0 Å². The third-order valence-electron chi connectivity index (χ3n) is 14.8. The normalized spacial score (nSPS) is 37.4. The fraction of sp³-hybridized carbons (Fsp3) is 0.721. The molecule has 2 N–H and O–H groups in total. The number of anilines is 2. The minimum Gasteiger partial charge on any atom is -0.505 e. The van der Waals surface area contributed by atoms with Gasteiger partial charge in [-0.25, -0.2) is 0 Å². The lowest BCUT2D eigenvalue weighted by molar-refractivity contribution is -0.00631. The van der Waals surface area contributed by atoms with Crippen molar-refractivity contribution in [2.45, 2.75) is 140 Å². The Bertz CT molecular complexity index is 1400. The van der Waals surface area contributed by atoms with Crippen molar-refractivity contribution < 1.29 is 10.2 Å². The fourth-order valence-corrected chi connectivity index (χ4v) is 13.3. The maximum atomic E-state index is 12.3. The Balaban J connectivity index is 1.09. The first-order valence-corrected chi connectivity index (χ1v) is 19.4. The van der Waals surface area contributed by atoms with E-state index in [9.17, 15) is 10.2 Å². The number of aromatic hydroxyl groups is 2. The molecule has 9 aliphatic rings. The molecule has 8 bridgehead atoms. The molecule has 2 aromatic rings. The summed E-state index contributed by atoms with van der Waals surface area (Å²) in [6, 6.07) is 9.43. The van der Waals surface area contributed by atoms with Crippen LogP contribution in [-0.2, 0) is 21.7 Å². The molecule has 0 unspecified atom stereocenters. The molecule has 2 aromatic carbocycles. The summed E-state index contributed by atoms with van der Waals surface area (Å²) in [5.41, 5.74) is 7.50. The van der Waals surface area contributed by atoms with Gasteiger partial charge in [-0.2, -0.15) is 0 Å². The third-order valence-corrected chi connectivity index (χ3v) is 14.8. The molecule has 1 aliphatic heterocycles. The first kappa shape index (κ1) is 30.7. The molecule has 47 heavy (non-hydrogen) atoms. The van der Waals surface area contributed by atoms with Crippen LogP contribution in [0.3, 0.4) is 0 Å². The summed E-state index contributed by atoms with van der Waals surface area (Å²) < 4.78 is 0. The van der Waals surface area contributed by atoms with Gasteiger partial charge in [-0.05, 0) is 157 Å². The molecule has 8 aliphatic carbocycles. The lowest BCUT2D eigenvalue weighted by atomic mass is 9.48. The summed E-state index contributed by atoms with van der Waals surface area (Å²) >= 11 is 0. The standard InChI is InChI=1S/C43H60N2O2/c1-40(2,3)32-15-34(42-19-26-9-27(20-42)11-28(10-26)21-42)38(46)36(17-32)44-7-8-45(25-44)37-18-33(41(4,5)6)16-35(39(37)47)43-22-29-12-30(23-43)14-31(13-29)24-43/h15-18,26-31,46-47H,7-14,19-25H2,1-6H3. The molecule has 9 fully saturated rings. The zero-order valence-electron chi connectivity index (χ0n) is 30.2. The van der Waals surface area contributed by atoms with Gasteiger partial charge >= 0.3 is 0 Å². The van der Waals surface area contributed by atoms with E-state index < -0.39 is 0 Å². The third kappa shape index (κ3) is 4.87. The molecule has 4 heteroatoms. The molecule has 1 heterocycles. The van der Waals surface area contributed by atoms with E-state index in [0.29, 0.717) is 18.2 Å². The van der Waals surface area contributed by atoms with Crippen molar-refractivity contribution in [1.29, 1.82) is 0 Å². The van der Waals surface area contributed by atoms with Gasteiger partial charge in [0.15, 0.2) is 0 Å². The van der Waals surface area contributed by atoms with Gasteiger partial charge in [0, 0.05) is 24.2 Å². The van der Waals surface area contributed by atoms with Crippen LogP contribution < -0.4 is 9.80 Å². The van der Waals surface area contributed by atoms with Crippen LogP contribution in [0.15, 0.2) is 24.3 Å². The minimum absolute atomic E-state index is 0.00494. The number of rotatable bonds is 4. The van der Waals surface area contributed by atoms with E-state index in [1.807, 2.05) is 0 Å². The fourth-order valence-electron chi connectivity index (χ4n) is 13.3. The molecule has 1 saturated heterocycles. The Morgan fingerprint density at radius 2 is 0.809 bits per heavy atom. The van der Waals surface area contributed by atoms with Gasteiger partial charge in [-0.1, -0.05) is 53.7 Å². The molecular weight excluding hydrogens is 576 g/mol. The highest BCUT2D eigenvalue weighted by molar-refractivity contribution is 5.71. The van der Waals surface area contributed by atoms with Gasteiger partial charge in [-0.3, -0.25) is 0 Å². The van der Waals surface area contributed by atoms with Crippen LogP contribution in [0.2, 0.25) is 0 Å². The van der Waals surface area contributed by atoms with Gasteiger partial charge in [0.1, 0.15) is 11.5 Å². The molecule has 0 radical (unpaired) electrons. The Kier molecular flexibility index (Phi) is 6.59. The van der Waals surface area contributed by atoms with Crippen molar-refractivity contribution in [2.24, 2.45) is 35.5 Å². The Labute approximate surface area is 284 Å². The van der Waals surface area contributed by atoms with Crippen LogP contribution in [0, 0.1) is 35.5 Å². The maximum Gasteiger partial charge on any atom is 0.142 e. The second kappa shape index (κ2) is 10.1. The number of hydrogen-bond acceptors (Lipinski definition) is 4. The molecule has 8 saturated carbocycles. The van der Waals surface area contributed by atoms with Crippen molar-refractivity contribution in [3.8, 4) is 11.5 Å². The van der Waals surface area contributed by atoms with E-state index in [0.717, 1.165) is 60.0 Å². The monoisotopic (exact) mass is 636 g/mol. The van der Waals surface area contributed by atoms with E-state index in [4.69, 9.17) is 0 Å². The molecule has 0 atom stereocenters. The van der Waals surface area contributed by atoms with Crippen molar-refractivity contribution in [3.63, 3.8) is 0 Å². The van der Waals surface area contributed by atoms with E-state index in [1.54, 1.807) is 0 Å². The highest BCUT2D eigenvalue weighted by Gasteiger charge is 2.54. The summed E-state index contributed by atoms with van der Waals surface area (Å²) in [5.74, 6) is 6.12. The van der Waals surface area contributed by atoms with Crippen LogP contribution in [0.25, 0.3) is 0 Å². The van der Waals surface area contributed by atoms with Crippen LogP contribution in [0.5, 0.6) is 11.5 Å². The number of nitrogens with zero attached hydrogens (tertiary/aromatic N) is 2. The number of phenols is 2.